The van der Waals surface area contributed by atoms with E-state index in [0.29, 0.717) is 36.0 Å². The molecule has 0 fully saturated rings. The summed E-state index contributed by atoms with van der Waals surface area (Å²) in [4.78, 5) is 51.1. The Bertz CT molecular complexity index is 1680. The number of esters is 3. The first-order chi connectivity index (χ1) is 23.7. The Hall–Kier alpha value is -5.97. The van der Waals surface area contributed by atoms with E-state index >= 15 is 0 Å². The van der Waals surface area contributed by atoms with E-state index in [1.54, 1.807) is 42.6 Å². The quantitative estimate of drug-likeness (QED) is 0.0355. The molecule has 1 N–H and O–H groups in total. The Morgan fingerprint density at radius 2 is 1.43 bits per heavy atom. The number of aliphatic imine (C=N–C) groups is 1. The number of carbonyl (C=O) groups is 4. The van der Waals surface area contributed by atoms with Crippen molar-refractivity contribution in [1.29, 1.82) is 0 Å². The second kappa shape index (κ2) is 20.3. The van der Waals surface area contributed by atoms with Gasteiger partial charge in [0.25, 0.3) is 0 Å². The highest BCUT2D eigenvalue weighted by Crippen LogP contribution is 2.26. The van der Waals surface area contributed by atoms with Gasteiger partial charge in [0.2, 0.25) is 12.7 Å². The van der Waals surface area contributed by atoms with Gasteiger partial charge in [-0.25, -0.2) is 14.4 Å². The number of rotatable bonds is 19. The molecule has 11 nitrogen and oxygen atoms in total. The normalized spacial score (nSPS) is 10.7. The first kappa shape index (κ1) is 37.5. The van der Waals surface area contributed by atoms with Crippen molar-refractivity contribution in [2.45, 2.75) is 39.5 Å². The van der Waals surface area contributed by atoms with Gasteiger partial charge in [0, 0.05) is 37.4 Å². The lowest BCUT2D eigenvalue weighted by atomic mass is 10.1. The predicted octanol–water partition coefficient (Wildman–Crippen LogP) is 7.06. The van der Waals surface area contributed by atoms with Gasteiger partial charge < -0.3 is 29.0 Å². The van der Waals surface area contributed by atoms with Crippen molar-refractivity contribution in [2.24, 2.45) is 4.99 Å². The number of nitrogens with one attached hydrogen (secondary N) is 1. The minimum atomic E-state index is -0.631. The van der Waals surface area contributed by atoms with Crippen LogP contribution in [0.5, 0.6) is 17.2 Å². The second-order valence-electron chi connectivity index (χ2n) is 10.5. The molecular weight excluding hydrogens is 628 g/mol. The van der Waals surface area contributed by atoms with Gasteiger partial charge in [-0.3, -0.25) is 9.79 Å². The first-order valence-corrected chi connectivity index (χ1v) is 15.6. The molecule has 0 atom stereocenters. The van der Waals surface area contributed by atoms with E-state index in [1.807, 2.05) is 31.2 Å². The van der Waals surface area contributed by atoms with Gasteiger partial charge in [0.05, 0.1) is 24.6 Å². The number of ether oxygens (including phenoxy) is 5. The zero-order chi connectivity index (χ0) is 35.4. The number of amides is 1. The van der Waals surface area contributed by atoms with Gasteiger partial charge in [0.15, 0.2) is 0 Å². The largest absolute Gasteiger partial charge is 0.494 e. The number of benzene rings is 3. The number of nitrogens with zero attached hydrogens (tertiary/aromatic N) is 1. The third-order valence-corrected chi connectivity index (χ3v) is 6.67. The van der Waals surface area contributed by atoms with Gasteiger partial charge in [-0.2, -0.15) is 0 Å². The molecular formula is C38H40N2O9. The number of aryl methyl sites for hydroxylation is 1. The summed E-state index contributed by atoms with van der Waals surface area (Å²) in [7, 11) is 0. The third-order valence-electron chi connectivity index (χ3n) is 6.67. The molecule has 11 heteroatoms. The van der Waals surface area contributed by atoms with Crippen LogP contribution in [0.25, 0.3) is 6.08 Å². The van der Waals surface area contributed by atoms with Crippen molar-refractivity contribution < 1.29 is 42.9 Å². The fourth-order valence-electron chi connectivity index (χ4n) is 4.20. The summed E-state index contributed by atoms with van der Waals surface area (Å²) < 4.78 is 26.4. The Labute approximate surface area is 285 Å². The number of hydrogen-bond acceptors (Lipinski definition) is 10. The molecule has 0 unspecified atom stereocenters. The summed E-state index contributed by atoms with van der Waals surface area (Å²) in [5.41, 5.74) is 3.35. The molecule has 3 rings (SSSR count). The maximum atomic E-state index is 12.6. The molecule has 0 aliphatic carbocycles. The van der Waals surface area contributed by atoms with E-state index in [-0.39, 0.29) is 12.7 Å². The van der Waals surface area contributed by atoms with Crippen molar-refractivity contribution in [3.8, 4) is 17.2 Å². The Balaban J connectivity index is 1.48. The molecule has 0 saturated carbocycles. The van der Waals surface area contributed by atoms with Gasteiger partial charge in [0.1, 0.15) is 17.2 Å². The van der Waals surface area contributed by atoms with Crippen molar-refractivity contribution in [3.05, 3.63) is 109 Å². The topological polar surface area (TPSA) is 139 Å². The molecule has 0 spiro atoms. The zero-order valence-electron chi connectivity index (χ0n) is 27.6. The van der Waals surface area contributed by atoms with Gasteiger partial charge >= 0.3 is 17.9 Å². The van der Waals surface area contributed by atoms with Crippen LogP contribution in [0.4, 0.5) is 11.4 Å². The minimum Gasteiger partial charge on any atom is -0.494 e. The highest BCUT2D eigenvalue weighted by molar-refractivity contribution is 5.94. The Morgan fingerprint density at radius 1 is 0.755 bits per heavy atom. The molecule has 0 aromatic heterocycles. The summed E-state index contributed by atoms with van der Waals surface area (Å²) in [5, 5.41) is 2.68. The van der Waals surface area contributed by atoms with Crippen LogP contribution < -0.4 is 19.5 Å². The molecule has 0 radical (unpaired) electrons. The van der Waals surface area contributed by atoms with E-state index in [2.05, 4.69) is 23.5 Å². The molecule has 49 heavy (non-hydrogen) atoms. The molecule has 0 heterocycles. The fraction of sp³-hybridized carbons (Fsp3) is 0.237. The van der Waals surface area contributed by atoms with E-state index in [4.69, 9.17) is 23.7 Å². The summed E-state index contributed by atoms with van der Waals surface area (Å²) in [6, 6.07) is 17.5. The molecule has 3 aromatic rings. The van der Waals surface area contributed by atoms with Gasteiger partial charge in [-0.05, 0) is 110 Å². The summed E-state index contributed by atoms with van der Waals surface area (Å²) >= 11 is 0. The zero-order valence-corrected chi connectivity index (χ0v) is 27.6. The van der Waals surface area contributed by atoms with Crippen molar-refractivity contribution >= 4 is 47.5 Å². The van der Waals surface area contributed by atoms with E-state index in [1.165, 1.54) is 19.1 Å². The van der Waals surface area contributed by atoms with Gasteiger partial charge in [-0.1, -0.05) is 13.2 Å². The summed E-state index contributed by atoms with van der Waals surface area (Å²) in [6.07, 6.45) is 10.3. The predicted molar refractivity (Wildman–Crippen MR) is 187 cm³/mol. The lowest BCUT2D eigenvalue weighted by molar-refractivity contribution is -0.144. The lowest BCUT2D eigenvalue weighted by Crippen LogP contribution is -2.10. The average molecular weight is 669 g/mol. The van der Waals surface area contributed by atoms with E-state index in [0.717, 1.165) is 60.4 Å². The highest BCUT2D eigenvalue weighted by Gasteiger charge is 2.08. The molecule has 0 aliphatic rings. The summed E-state index contributed by atoms with van der Waals surface area (Å²) in [5.74, 6) is -0.498. The van der Waals surface area contributed by atoms with Crippen LogP contribution in [0.15, 0.2) is 97.0 Å². The highest BCUT2D eigenvalue weighted by atomic mass is 16.7. The molecule has 3 aromatic carbocycles. The molecule has 1 amide bonds. The van der Waals surface area contributed by atoms with Crippen LogP contribution in [0.1, 0.15) is 49.3 Å². The Kier molecular flexibility index (Phi) is 15.5. The van der Waals surface area contributed by atoms with E-state index in [9.17, 15) is 19.2 Å². The number of carbonyl (C=O) groups excluding carboxylic acids is 4. The van der Waals surface area contributed by atoms with Crippen LogP contribution in [0, 0.1) is 6.92 Å². The van der Waals surface area contributed by atoms with Crippen molar-refractivity contribution in [3.63, 3.8) is 0 Å². The SMILES string of the molecule is C=CC(=O)OCCCCCCOc1ccc(/C=N/c2ccc(OC(=O)/C=C/c3ccc(OCOC(=O)C=C)cc3NC(C)=O)cc2C)cc1. The fourth-order valence-corrected chi connectivity index (χ4v) is 4.20. The van der Waals surface area contributed by atoms with E-state index < -0.39 is 17.9 Å². The van der Waals surface area contributed by atoms with Crippen LogP contribution >= 0.6 is 0 Å². The van der Waals surface area contributed by atoms with Crippen LogP contribution in [-0.4, -0.2) is 50.0 Å². The third kappa shape index (κ3) is 14.1. The van der Waals surface area contributed by atoms with Gasteiger partial charge in [-0.15, -0.1) is 0 Å². The standard InChI is InChI=1S/C38H40N2O9/c1-5-36(42)46-22-10-8-7-9-21-45-31-15-11-29(12-16-31)25-39-34-19-18-33(23-27(34)3)49-38(44)20-14-30-13-17-32(24-35(30)40-28(4)41)47-26-48-37(43)6-2/h5-6,11-20,23-25H,1-2,7-10,21-22,26H2,3-4H3,(H,40,41)/b20-14+,39-25+. The molecule has 256 valence electrons. The maximum Gasteiger partial charge on any atom is 0.336 e. The Morgan fingerprint density at radius 3 is 2.12 bits per heavy atom. The molecule has 0 aliphatic heterocycles. The van der Waals surface area contributed by atoms with Crippen LogP contribution in [0.3, 0.4) is 0 Å². The average Bonchev–Trinajstić information content (AvgIpc) is 3.08. The number of unbranched alkanes of at least 4 members (excludes halogenated alkanes) is 3. The molecule has 0 saturated heterocycles. The smallest absolute Gasteiger partial charge is 0.336 e. The number of hydrogen-bond donors (Lipinski definition) is 1. The van der Waals surface area contributed by atoms with Crippen LogP contribution in [-0.2, 0) is 28.7 Å². The minimum absolute atomic E-state index is 0.321. The van der Waals surface area contributed by atoms with Crippen LogP contribution in [0.2, 0.25) is 0 Å². The maximum absolute atomic E-state index is 12.6. The monoisotopic (exact) mass is 668 g/mol. The first-order valence-electron chi connectivity index (χ1n) is 15.6. The van der Waals surface area contributed by atoms with Crippen molar-refractivity contribution in [2.75, 3.05) is 25.3 Å². The lowest BCUT2D eigenvalue weighted by Gasteiger charge is -2.11. The van der Waals surface area contributed by atoms with Crippen molar-refractivity contribution in [1.82, 2.24) is 0 Å². The summed E-state index contributed by atoms with van der Waals surface area (Å²) in [6.45, 7) is 10.6. The molecule has 0 bridgehead atoms. The second-order valence-corrected chi connectivity index (χ2v) is 10.5. The number of anilines is 1.